The zero-order valence-corrected chi connectivity index (χ0v) is 15.0. The number of H-pyrrole nitrogens is 1. The van der Waals surface area contributed by atoms with E-state index >= 15 is 0 Å². The minimum absolute atomic E-state index is 0.0183. The number of nitrogens with zero attached hydrogens (tertiary/aromatic N) is 2. The Morgan fingerprint density at radius 1 is 1.47 bits per heavy atom. The first-order valence-corrected chi connectivity index (χ1v) is 8.74. The third kappa shape index (κ3) is 3.40. The Labute approximate surface area is 132 Å². The van der Waals surface area contributed by atoms with Crippen molar-refractivity contribution in [2.24, 2.45) is 0 Å². The van der Waals surface area contributed by atoms with Gasteiger partial charge in [-0.1, -0.05) is 33.0 Å². The Bertz CT molecular complexity index is 522. The number of nitrogens with one attached hydrogen (secondary N) is 1. The quantitative estimate of drug-likeness (QED) is 0.768. The van der Waals surface area contributed by atoms with Crippen LogP contribution < -0.4 is 0 Å². The van der Waals surface area contributed by atoms with Crippen LogP contribution in [0.2, 0.25) is 0 Å². The summed E-state index contributed by atoms with van der Waals surface area (Å²) in [4.78, 5) is 10.4. The number of aromatic amines is 1. The van der Waals surface area contributed by atoms with Gasteiger partial charge in [-0.3, -0.25) is 4.90 Å². The summed E-state index contributed by atoms with van der Waals surface area (Å²) in [6.45, 7) is 7.64. The summed E-state index contributed by atoms with van der Waals surface area (Å²) >= 11 is 11.0. The van der Waals surface area contributed by atoms with Crippen molar-refractivity contribution in [3.63, 3.8) is 0 Å². The highest BCUT2D eigenvalue weighted by Gasteiger charge is 2.26. The van der Waals surface area contributed by atoms with Crippen molar-refractivity contribution in [3.8, 4) is 0 Å². The third-order valence-corrected chi connectivity index (χ3v) is 5.70. The first-order valence-electron chi connectivity index (χ1n) is 6.39. The van der Waals surface area contributed by atoms with E-state index < -0.39 is 0 Å². The second-order valence-corrected chi connectivity index (χ2v) is 8.27. The van der Waals surface area contributed by atoms with Crippen molar-refractivity contribution >= 4 is 39.9 Å². The highest BCUT2D eigenvalue weighted by Crippen LogP contribution is 2.32. The summed E-state index contributed by atoms with van der Waals surface area (Å²) in [6.07, 6.45) is 0. The van der Waals surface area contributed by atoms with Crippen LogP contribution in [0.5, 0.6) is 0 Å². The summed E-state index contributed by atoms with van der Waals surface area (Å²) in [5, 5.41) is 0. The van der Waals surface area contributed by atoms with E-state index in [1.807, 2.05) is 11.8 Å². The Balaban J connectivity index is 2.47. The lowest BCUT2D eigenvalue weighted by Gasteiger charge is -2.32. The minimum atomic E-state index is 0.0183. The summed E-state index contributed by atoms with van der Waals surface area (Å²) in [6, 6.07) is 0.328. The summed E-state index contributed by atoms with van der Waals surface area (Å²) in [7, 11) is 2.15. The fraction of sp³-hybridized carbons (Fsp3) is 0.692. The number of aromatic nitrogens is 2. The van der Waals surface area contributed by atoms with E-state index in [1.54, 1.807) is 0 Å². The molecule has 1 fully saturated rings. The van der Waals surface area contributed by atoms with Gasteiger partial charge in [-0.05, 0) is 23.0 Å². The lowest BCUT2D eigenvalue weighted by Crippen LogP contribution is -2.34. The normalized spacial score (nSPS) is 21.6. The molecule has 0 saturated carbocycles. The van der Waals surface area contributed by atoms with Crippen molar-refractivity contribution in [2.45, 2.75) is 32.2 Å². The molecule has 0 spiro atoms. The maximum absolute atomic E-state index is 5.40. The maximum Gasteiger partial charge on any atom is 0.144 e. The Kier molecular flexibility index (Phi) is 4.75. The van der Waals surface area contributed by atoms with Crippen LogP contribution >= 0.6 is 39.9 Å². The van der Waals surface area contributed by atoms with Gasteiger partial charge >= 0.3 is 0 Å². The molecular formula is C13H20BrN3S2. The lowest BCUT2D eigenvalue weighted by molar-refractivity contribution is 0.263. The van der Waals surface area contributed by atoms with Crippen LogP contribution in [0.15, 0.2) is 4.47 Å². The number of halogens is 1. The van der Waals surface area contributed by atoms with E-state index in [0.29, 0.717) is 10.7 Å². The van der Waals surface area contributed by atoms with Gasteiger partial charge in [-0.25, -0.2) is 4.98 Å². The molecule has 106 valence electrons. The number of hydrogen-bond donors (Lipinski definition) is 1. The van der Waals surface area contributed by atoms with E-state index in [9.17, 15) is 0 Å². The Morgan fingerprint density at radius 3 is 2.74 bits per heavy atom. The second kappa shape index (κ2) is 5.84. The third-order valence-electron chi connectivity index (χ3n) is 3.34. The topological polar surface area (TPSA) is 31.9 Å². The second-order valence-electron chi connectivity index (χ2n) is 5.94. The van der Waals surface area contributed by atoms with E-state index in [-0.39, 0.29) is 5.41 Å². The molecular weight excluding hydrogens is 342 g/mol. The van der Waals surface area contributed by atoms with Crippen molar-refractivity contribution in [2.75, 3.05) is 25.1 Å². The molecule has 6 heteroatoms. The fourth-order valence-electron chi connectivity index (χ4n) is 2.13. The van der Waals surface area contributed by atoms with E-state index in [2.05, 4.69) is 58.6 Å². The molecule has 1 aliphatic heterocycles. The molecule has 2 heterocycles. The number of thioether (sulfide) groups is 1. The SMILES string of the molecule is CN1CCSCC1c1nc(=S)c(Br)c(C(C)(C)C)[nH]1. The predicted octanol–water partition coefficient (Wildman–Crippen LogP) is 3.92. The van der Waals surface area contributed by atoms with Gasteiger partial charge < -0.3 is 4.98 Å². The molecule has 0 radical (unpaired) electrons. The molecule has 3 nitrogen and oxygen atoms in total. The van der Waals surface area contributed by atoms with Gasteiger partial charge in [0.15, 0.2) is 0 Å². The van der Waals surface area contributed by atoms with Crippen LogP contribution in [-0.4, -0.2) is 40.0 Å². The van der Waals surface area contributed by atoms with Gasteiger partial charge in [-0.2, -0.15) is 11.8 Å². The largest absolute Gasteiger partial charge is 0.344 e. The van der Waals surface area contributed by atoms with Gasteiger partial charge in [0.2, 0.25) is 0 Å². The van der Waals surface area contributed by atoms with Crippen LogP contribution in [0.4, 0.5) is 0 Å². The molecule has 0 amide bonds. The molecule has 1 aromatic heterocycles. The van der Waals surface area contributed by atoms with Crippen molar-refractivity contribution in [1.82, 2.24) is 14.9 Å². The highest BCUT2D eigenvalue weighted by atomic mass is 79.9. The molecule has 2 rings (SSSR count). The van der Waals surface area contributed by atoms with Crippen molar-refractivity contribution < 1.29 is 0 Å². The number of hydrogen-bond acceptors (Lipinski definition) is 4. The average molecular weight is 362 g/mol. The average Bonchev–Trinajstić information content (AvgIpc) is 2.31. The van der Waals surface area contributed by atoms with Crippen molar-refractivity contribution in [1.29, 1.82) is 0 Å². The van der Waals surface area contributed by atoms with Gasteiger partial charge in [0.25, 0.3) is 0 Å². The Morgan fingerprint density at radius 2 is 2.16 bits per heavy atom. The molecule has 19 heavy (non-hydrogen) atoms. The van der Waals surface area contributed by atoms with E-state index in [0.717, 1.165) is 28.3 Å². The van der Waals surface area contributed by atoms with Gasteiger partial charge in [0.05, 0.1) is 10.5 Å². The summed E-state index contributed by atoms with van der Waals surface area (Å²) in [5.74, 6) is 3.25. The molecule has 0 aromatic carbocycles. The monoisotopic (exact) mass is 361 g/mol. The molecule has 1 unspecified atom stereocenters. The Hall–Kier alpha value is 0.0900. The molecule has 1 aromatic rings. The number of rotatable bonds is 1. The highest BCUT2D eigenvalue weighted by molar-refractivity contribution is 9.10. The summed E-state index contributed by atoms with van der Waals surface area (Å²) in [5.41, 5.74) is 1.15. The van der Waals surface area contributed by atoms with Crippen LogP contribution in [0.25, 0.3) is 0 Å². The van der Waals surface area contributed by atoms with Crippen molar-refractivity contribution in [3.05, 3.63) is 20.6 Å². The van der Waals surface area contributed by atoms with Gasteiger partial charge in [0.1, 0.15) is 10.5 Å². The lowest BCUT2D eigenvalue weighted by atomic mass is 9.92. The molecule has 1 N–H and O–H groups in total. The smallest absolute Gasteiger partial charge is 0.144 e. The standard InChI is InChI=1S/C13H20BrN3S2/c1-13(2,3)10-9(14)12(18)16-11(15-10)8-7-19-6-5-17(8)4/h8H,5-7H2,1-4H3,(H,15,16,18). The van der Waals surface area contributed by atoms with Gasteiger partial charge in [-0.15, -0.1) is 0 Å². The predicted molar refractivity (Wildman–Crippen MR) is 88.5 cm³/mol. The first-order chi connectivity index (χ1) is 8.80. The van der Waals surface area contributed by atoms with Gasteiger partial charge in [0, 0.05) is 29.2 Å². The fourth-order valence-corrected chi connectivity index (χ4v) is 4.33. The van der Waals surface area contributed by atoms with E-state index in [4.69, 9.17) is 12.2 Å². The molecule has 1 aliphatic rings. The van der Waals surface area contributed by atoms with E-state index in [1.165, 1.54) is 5.75 Å². The van der Waals surface area contributed by atoms with Crippen LogP contribution in [-0.2, 0) is 5.41 Å². The minimum Gasteiger partial charge on any atom is -0.344 e. The zero-order chi connectivity index (χ0) is 14.2. The first kappa shape index (κ1) is 15.5. The molecule has 0 bridgehead atoms. The molecule has 1 saturated heterocycles. The van der Waals surface area contributed by atoms with Crippen LogP contribution in [0.1, 0.15) is 38.3 Å². The van der Waals surface area contributed by atoms with Crippen LogP contribution in [0.3, 0.4) is 0 Å². The maximum atomic E-state index is 5.40. The zero-order valence-electron chi connectivity index (χ0n) is 11.8. The van der Waals surface area contributed by atoms with Crippen LogP contribution in [0, 0.1) is 4.64 Å². The molecule has 1 atom stereocenters. The summed E-state index contributed by atoms with van der Waals surface area (Å²) < 4.78 is 1.58. The molecule has 0 aliphatic carbocycles.